The summed E-state index contributed by atoms with van der Waals surface area (Å²) in [7, 11) is 0. The van der Waals surface area contributed by atoms with Gasteiger partial charge in [-0.1, -0.05) is 49.4 Å². The first-order valence-corrected chi connectivity index (χ1v) is 7.35. The summed E-state index contributed by atoms with van der Waals surface area (Å²) >= 11 is 0. The van der Waals surface area contributed by atoms with Gasteiger partial charge in [0, 0.05) is 0 Å². The van der Waals surface area contributed by atoms with Gasteiger partial charge in [-0.25, -0.2) is 0 Å². The predicted molar refractivity (Wildman–Crippen MR) is 85.5 cm³/mol. The molecule has 0 N–H and O–H groups in total. The third kappa shape index (κ3) is 3.27. The minimum atomic E-state index is 0.335. The zero-order valence-corrected chi connectivity index (χ0v) is 12.5. The van der Waals surface area contributed by atoms with Gasteiger partial charge in [-0.3, -0.25) is 0 Å². The topological polar surface area (TPSA) is 18.5 Å². The van der Waals surface area contributed by atoms with Gasteiger partial charge in [0.25, 0.3) is 0 Å². The molecule has 0 saturated carbocycles. The summed E-state index contributed by atoms with van der Waals surface area (Å²) < 4.78 is 10.8. The Morgan fingerprint density at radius 3 is 2.67 bits per heavy atom. The largest absolute Gasteiger partial charge is 0.454 e. The molecule has 1 heterocycles. The Bertz CT molecular complexity index is 644. The van der Waals surface area contributed by atoms with Crippen molar-refractivity contribution in [3.8, 4) is 11.5 Å². The summed E-state index contributed by atoms with van der Waals surface area (Å²) in [4.78, 5) is 0. The molecule has 2 aromatic rings. The van der Waals surface area contributed by atoms with Crippen LogP contribution >= 0.6 is 0 Å². The highest BCUT2D eigenvalue weighted by Gasteiger charge is 2.13. The standard InChI is InChI=1S/C19H20O2/c1-14(10-15(2)17-6-4-3-5-7-17)11-16-8-9-18-19(12-16)21-13-20-18/h3-10,12,14H,11,13H2,1-2H3/b15-10+. The lowest BCUT2D eigenvalue weighted by Gasteiger charge is -2.10. The molecule has 1 atom stereocenters. The highest BCUT2D eigenvalue weighted by molar-refractivity contribution is 5.63. The predicted octanol–water partition coefficient (Wildman–Crippen LogP) is 4.70. The van der Waals surface area contributed by atoms with E-state index in [1.807, 2.05) is 12.1 Å². The molecule has 2 aromatic carbocycles. The average molecular weight is 280 g/mol. The van der Waals surface area contributed by atoms with E-state index in [0.29, 0.717) is 12.7 Å². The van der Waals surface area contributed by atoms with E-state index in [0.717, 1.165) is 17.9 Å². The second-order valence-corrected chi connectivity index (χ2v) is 5.58. The Labute approximate surface area is 126 Å². The van der Waals surface area contributed by atoms with Crippen LogP contribution in [0.25, 0.3) is 5.57 Å². The van der Waals surface area contributed by atoms with Crippen LogP contribution in [0.1, 0.15) is 25.0 Å². The van der Waals surface area contributed by atoms with E-state index >= 15 is 0 Å². The van der Waals surface area contributed by atoms with Crippen molar-refractivity contribution in [2.45, 2.75) is 20.3 Å². The minimum absolute atomic E-state index is 0.335. The summed E-state index contributed by atoms with van der Waals surface area (Å²) in [5, 5.41) is 0. The minimum Gasteiger partial charge on any atom is -0.454 e. The lowest BCUT2D eigenvalue weighted by molar-refractivity contribution is 0.174. The van der Waals surface area contributed by atoms with Gasteiger partial charge in [-0.15, -0.1) is 0 Å². The van der Waals surface area contributed by atoms with E-state index in [1.165, 1.54) is 16.7 Å². The fraction of sp³-hybridized carbons (Fsp3) is 0.263. The average Bonchev–Trinajstić information content (AvgIpc) is 2.95. The second-order valence-electron chi connectivity index (χ2n) is 5.58. The Morgan fingerprint density at radius 1 is 1.10 bits per heavy atom. The van der Waals surface area contributed by atoms with Crippen LogP contribution in [0, 0.1) is 5.92 Å². The molecule has 2 nitrogen and oxygen atoms in total. The quantitative estimate of drug-likeness (QED) is 0.808. The van der Waals surface area contributed by atoms with E-state index in [-0.39, 0.29) is 0 Å². The summed E-state index contributed by atoms with van der Waals surface area (Å²) in [5.41, 5.74) is 3.89. The van der Waals surface area contributed by atoms with E-state index < -0.39 is 0 Å². The lowest BCUT2D eigenvalue weighted by atomic mass is 9.96. The molecule has 3 rings (SSSR count). The SMILES string of the molecule is C/C(=C\C(C)Cc1ccc2c(c1)OCO2)c1ccccc1. The lowest BCUT2D eigenvalue weighted by Crippen LogP contribution is -1.97. The van der Waals surface area contributed by atoms with Crippen molar-refractivity contribution in [3.05, 3.63) is 65.7 Å². The van der Waals surface area contributed by atoms with Crippen molar-refractivity contribution in [2.75, 3.05) is 6.79 Å². The van der Waals surface area contributed by atoms with Crippen molar-refractivity contribution >= 4 is 5.57 Å². The van der Waals surface area contributed by atoms with E-state index in [9.17, 15) is 0 Å². The van der Waals surface area contributed by atoms with Crippen molar-refractivity contribution in [1.82, 2.24) is 0 Å². The van der Waals surface area contributed by atoms with E-state index in [4.69, 9.17) is 9.47 Å². The van der Waals surface area contributed by atoms with Crippen molar-refractivity contribution < 1.29 is 9.47 Å². The number of fused-ring (bicyclic) bond motifs is 1. The van der Waals surface area contributed by atoms with Crippen LogP contribution in [-0.2, 0) is 6.42 Å². The zero-order valence-electron chi connectivity index (χ0n) is 12.5. The fourth-order valence-corrected chi connectivity index (χ4v) is 2.72. The fourth-order valence-electron chi connectivity index (χ4n) is 2.72. The van der Waals surface area contributed by atoms with Crippen molar-refractivity contribution in [3.63, 3.8) is 0 Å². The third-order valence-electron chi connectivity index (χ3n) is 3.76. The Balaban J connectivity index is 1.70. The highest BCUT2D eigenvalue weighted by Crippen LogP contribution is 2.33. The maximum absolute atomic E-state index is 5.43. The van der Waals surface area contributed by atoms with Crippen LogP contribution in [0.2, 0.25) is 0 Å². The molecule has 0 aliphatic carbocycles. The van der Waals surface area contributed by atoms with E-state index in [1.54, 1.807) is 0 Å². The van der Waals surface area contributed by atoms with Gasteiger partial charge < -0.3 is 9.47 Å². The first kappa shape index (κ1) is 13.7. The Morgan fingerprint density at radius 2 is 1.86 bits per heavy atom. The zero-order chi connectivity index (χ0) is 14.7. The van der Waals surface area contributed by atoms with Gasteiger partial charge in [0.1, 0.15) is 0 Å². The molecule has 2 heteroatoms. The number of rotatable bonds is 4. The molecule has 0 bridgehead atoms. The monoisotopic (exact) mass is 280 g/mol. The molecule has 21 heavy (non-hydrogen) atoms. The molecule has 0 fully saturated rings. The maximum atomic E-state index is 5.43. The smallest absolute Gasteiger partial charge is 0.231 e. The number of hydrogen-bond acceptors (Lipinski definition) is 2. The maximum Gasteiger partial charge on any atom is 0.231 e. The summed E-state index contributed by atoms with van der Waals surface area (Å²) in [6.07, 6.45) is 3.33. The summed E-state index contributed by atoms with van der Waals surface area (Å²) in [6.45, 7) is 4.75. The van der Waals surface area contributed by atoms with Crippen LogP contribution in [0.4, 0.5) is 0 Å². The van der Waals surface area contributed by atoms with Gasteiger partial charge in [-0.05, 0) is 48.1 Å². The van der Waals surface area contributed by atoms with Crippen LogP contribution in [0.5, 0.6) is 11.5 Å². The van der Waals surface area contributed by atoms with Gasteiger partial charge >= 0.3 is 0 Å². The molecular weight excluding hydrogens is 260 g/mol. The van der Waals surface area contributed by atoms with Gasteiger partial charge in [0.05, 0.1) is 0 Å². The number of ether oxygens (including phenoxy) is 2. The molecule has 1 aliphatic heterocycles. The van der Waals surface area contributed by atoms with Crippen molar-refractivity contribution in [1.29, 1.82) is 0 Å². The summed E-state index contributed by atoms with van der Waals surface area (Å²) in [6, 6.07) is 16.7. The Kier molecular flexibility index (Phi) is 3.96. The van der Waals surface area contributed by atoms with Gasteiger partial charge in [0.15, 0.2) is 11.5 Å². The molecule has 108 valence electrons. The third-order valence-corrected chi connectivity index (χ3v) is 3.76. The molecule has 0 radical (unpaired) electrons. The van der Waals surface area contributed by atoms with Crippen LogP contribution in [0.3, 0.4) is 0 Å². The molecular formula is C19H20O2. The first-order chi connectivity index (χ1) is 10.2. The van der Waals surface area contributed by atoms with Gasteiger partial charge in [-0.2, -0.15) is 0 Å². The van der Waals surface area contributed by atoms with Crippen LogP contribution in [-0.4, -0.2) is 6.79 Å². The molecule has 0 spiro atoms. The molecule has 1 unspecified atom stereocenters. The van der Waals surface area contributed by atoms with E-state index in [2.05, 4.69) is 56.3 Å². The highest BCUT2D eigenvalue weighted by atomic mass is 16.7. The molecule has 0 saturated heterocycles. The molecule has 0 amide bonds. The summed E-state index contributed by atoms with van der Waals surface area (Å²) in [5.74, 6) is 2.19. The Hall–Kier alpha value is -2.22. The van der Waals surface area contributed by atoms with Crippen LogP contribution in [0.15, 0.2) is 54.6 Å². The number of hydrogen-bond donors (Lipinski definition) is 0. The van der Waals surface area contributed by atoms with Crippen molar-refractivity contribution in [2.24, 2.45) is 5.92 Å². The molecule has 1 aliphatic rings. The second kappa shape index (κ2) is 6.04. The molecule has 0 aromatic heterocycles. The number of benzene rings is 2. The number of allylic oxidation sites excluding steroid dienone is 2. The normalized spacial score (nSPS) is 15.0. The van der Waals surface area contributed by atoms with Crippen LogP contribution < -0.4 is 9.47 Å². The first-order valence-electron chi connectivity index (χ1n) is 7.35. The van der Waals surface area contributed by atoms with Gasteiger partial charge in [0.2, 0.25) is 6.79 Å².